The normalized spacial score (nSPS) is 18.0. The number of carbonyl (C=O) groups excluding carboxylic acids is 1. The van der Waals surface area contributed by atoms with Gasteiger partial charge in [-0.15, -0.1) is 0 Å². The van der Waals surface area contributed by atoms with Crippen molar-refractivity contribution in [1.29, 1.82) is 0 Å². The quantitative estimate of drug-likeness (QED) is 0.812. The molecule has 2 unspecified atom stereocenters. The highest BCUT2D eigenvalue weighted by Gasteiger charge is 2.21. The van der Waals surface area contributed by atoms with E-state index in [1.165, 1.54) is 0 Å². The van der Waals surface area contributed by atoms with Gasteiger partial charge in [-0.05, 0) is 32.8 Å². The van der Waals surface area contributed by atoms with Crippen molar-refractivity contribution in [2.75, 3.05) is 17.2 Å². The number of furan rings is 1. The van der Waals surface area contributed by atoms with Gasteiger partial charge in [0.2, 0.25) is 0 Å². The summed E-state index contributed by atoms with van der Waals surface area (Å²) in [4.78, 5) is 12.2. The van der Waals surface area contributed by atoms with Crippen LogP contribution in [0.2, 0.25) is 0 Å². The van der Waals surface area contributed by atoms with Gasteiger partial charge in [0, 0.05) is 18.7 Å². The molecule has 7 heteroatoms. The molecule has 2 amide bonds. The Labute approximate surface area is 135 Å². The van der Waals surface area contributed by atoms with Gasteiger partial charge in [0.15, 0.2) is 0 Å². The first-order valence-corrected chi connectivity index (χ1v) is 7.88. The van der Waals surface area contributed by atoms with Gasteiger partial charge in [-0.1, -0.05) is 6.92 Å². The number of urea groups is 1. The van der Waals surface area contributed by atoms with Crippen LogP contribution in [0.4, 0.5) is 16.3 Å². The fourth-order valence-electron chi connectivity index (χ4n) is 2.95. The molecule has 0 fully saturated rings. The van der Waals surface area contributed by atoms with Crippen molar-refractivity contribution in [3.63, 3.8) is 0 Å². The summed E-state index contributed by atoms with van der Waals surface area (Å²) in [5, 5.41) is 13.4. The van der Waals surface area contributed by atoms with Gasteiger partial charge in [-0.3, -0.25) is 0 Å². The Morgan fingerprint density at radius 2 is 2.30 bits per heavy atom. The molecule has 0 aliphatic carbocycles. The monoisotopic (exact) mass is 317 g/mol. The van der Waals surface area contributed by atoms with E-state index in [-0.39, 0.29) is 12.1 Å². The van der Waals surface area contributed by atoms with E-state index in [4.69, 9.17) is 4.42 Å². The molecule has 1 aliphatic heterocycles. The molecule has 0 aromatic carbocycles. The number of aryl methyl sites for hydroxylation is 2. The van der Waals surface area contributed by atoms with E-state index in [1.807, 2.05) is 31.5 Å². The Morgan fingerprint density at radius 1 is 1.52 bits per heavy atom. The number of fused-ring (bicyclic) bond motifs is 1. The average Bonchev–Trinajstić information content (AvgIpc) is 3.01. The molecule has 0 spiro atoms. The predicted molar refractivity (Wildman–Crippen MR) is 88.6 cm³/mol. The van der Waals surface area contributed by atoms with E-state index in [0.717, 1.165) is 36.0 Å². The van der Waals surface area contributed by atoms with Crippen molar-refractivity contribution >= 4 is 17.5 Å². The van der Waals surface area contributed by atoms with E-state index < -0.39 is 0 Å². The SMILES string of the molecule is Cc1cc(C(C)NC(=O)Nc2cnn3c2NCC(C)C3)c(C)o1. The van der Waals surface area contributed by atoms with Crippen LogP contribution in [0, 0.1) is 19.8 Å². The van der Waals surface area contributed by atoms with Gasteiger partial charge in [0.1, 0.15) is 23.0 Å². The summed E-state index contributed by atoms with van der Waals surface area (Å²) in [6.07, 6.45) is 1.68. The summed E-state index contributed by atoms with van der Waals surface area (Å²) in [6, 6.07) is 1.56. The van der Waals surface area contributed by atoms with E-state index >= 15 is 0 Å². The van der Waals surface area contributed by atoms with Gasteiger partial charge in [0.05, 0.1) is 12.2 Å². The van der Waals surface area contributed by atoms with Gasteiger partial charge in [-0.25, -0.2) is 9.48 Å². The molecule has 0 saturated heterocycles. The molecular formula is C16H23N5O2. The highest BCUT2D eigenvalue weighted by atomic mass is 16.3. The van der Waals surface area contributed by atoms with Gasteiger partial charge in [-0.2, -0.15) is 5.10 Å². The lowest BCUT2D eigenvalue weighted by molar-refractivity contribution is 0.249. The number of hydrogen-bond acceptors (Lipinski definition) is 4. The minimum absolute atomic E-state index is 0.133. The second-order valence-electron chi connectivity index (χ2n) is 6.26. The van der Waals surface area contributed by atoms with Crippen LogP contribution in [0.25, 0.3) is 0 Å². The first-order valence-electron chi connectivity index (χ1n) is 7.88. The third-order valence-corrected chi connectivity index (χ3v) is 4.08. The number of anilines is 2. The summed E-state index contributed by atoms with van der Waals surface area (Å²) in [7, 11) is 0. The largest absolute Gasteiger partial charge is 0.466 e. The van der Waals surface area contributed by atoms with Crippen LogP contribution >= 0.6 is 0 Å². The van der Waals surface area contributed by atoms with Gasteiger partial charge in [0.25, 0.3) is 0 Å². The lowest BCUT2D eigenvalue weighted by Gasteiger charge is -2.22. The first-order chi connectivity index (χ1) is 10.9. The van der Waals surface area contributed by atoms with Crippen molar-refractivity contribution < 1.29 is 9.21 Å². The molecule has 2 aromatic heterocycles. The molecule has 0 radical (unpaired) electrons. The van der Waals surface area contributed by atoms with Crippen LogP contribution < -0.4 is 16.0 Å². The summed E-state index contributed by atoms with van der Waals surface area (Å²) >= 11 is 0. The number of nitrogens with one attached hydrogen (secondary N) is 3. The molecule has 0 bridgehead atoms. The number of aromatic nitrogens is 2. The zero-order valence-corrected chi connectivity index (χ0v) is 13.9. The smallest absolute Gasteiger partial charge is 0.319 e. The van der Waals surface area contributed by atoms with Crippen molar-refractivity contribution in [2.45, 2.75) is 40.3 Å². The van der Waals surface area contributed by atoms with Crippen molar-refractivity contribution in [1.82, 2.24) is 15.1 Å². The second kappa shape index (κ2) is 5.98. The van der Waals surface area contributed by atoms with Crippen LogP contribution in [0.15, 0.2) is 16.7 Å². The Morgan fingerprint density at radius 3 is 3.00 bits per heavy atom. The first kappa shape index (κ1) is 15.5. The number of hydrogen-bond donors (Lipinski definition) is 3. The van der Waals surface area contributed by atoms with E-state index in [9.17, 15) is 4.79 Å². The number of nitrogens with zero attached hydrogens (tertiary/aromatic N) is 2. The van der Waals surface area contributed by atoms with Crippen LogP contribution in [-0.4, -0.2) is 22.4 Å². The van der Waals surface area contributed by atoms with E-state index in [1.54, 1.807) is 6.20 Å². The maximum absolute atomic E-state index is 12.2. The molecule has 2 atom stereocenters. The summed E-state index contributed by atoms with van der Waals surface area (Å²) in [6.45, 7) is 9.63. The van der Waals surface area contributed by atoms with E-state index in [0.29, 0.717) is 11.6 Å². The summed E-state index contributed by atoms with van der Waals surface area (Å²) < 4.78 is 7.40. The molecule has 3 N–H and O–H groups in total. The zero-order chi connectivity index (χ0) is 16.6. The minimum Gasteiger partial charge on any atom is -0.466 e. The Kier molecular flexibility index (Phi) is 4.02. The lowest BCUT2D eigenvalue weighted by Crippen LogP contribution is -2.32. The second-order valence-corrected chi connectivity index (χ2v) is 6.26. The third kappa shape index (κ3) is 3.18. The van der Waals surface area contributed by atoms with Crippen molar-refractivity contribution in [2.24, 2.45) is 5.92 Å². The van der Waals surface area contributed by atoms with E-state index in [2.05, 4.69) is 28.0 Å². The summed E-state index contributed by atoms with van der Waals surface area (Å²) in [5.74, 6) is 3.06. The van der Waals surface area contributed by atoms with Crippen LogP contribution in [0.1, 0.15) is 37.0 Å². The molecule has 3 heterocycles. The predicted octanol–water partition coefficient (Wildman–Crippen LogP) is 3.04. The summed E-state index contributed by atoms with van der Waals surface area (Å²) in [5.41, 5.74) is 1.68. The number of amides is 2. The molecule has 1 aliphatic rings. The number of carbonyl (C=O) groups is 1. The topological polar surface area (TPSA) is 84.1 Å². The molecule has 7 nitrogen and oxygen atoms in total. The highest BCUT2D eigenvalue weighted by Crippen LogP contribution is 2.26. The molecule has 3 rings (SSSR count). The Bertz CT molecular complexity index is 718. The molecule has 0 saturated carbocycles. The average molecular weight is 317 g/mol. The fourth-order valence-corrected chi connectivity index (χ4v) is 2.95. The Hall–Kier alpha value is -2.44. The van der Waals surface area contributed by atoms with Crippen molar-refractivity contribution in [3.8, 4) is 0 Å². The maximum atomic E-state index is 12.2. The van der Waals surface area contributed by atoms with Crippen LogP contribution in [0.5, 0.6) is 0 Å². The minimum atomic E-state index is -0.257. The standard InChI is InChI=1S/C16H23N5O2/c1-9-6-17-15-14(7-18-21(15)8-9)20-16(22)19-11(3)13-5-10(2)23-12(13)4/h5,7,9,11,17H,6,8H2,1-4H3,(H2,19,20,22). The fraction of sp³-hybridized carbons (Fsp3) is 0.500. The van der Waals surface area contributed by atoms with Crippen LogP contribution in [-0.2, 0) is 6.54 Å². The molecule has 124 valence electrons. The lowest BCUT2D eigenvalue weighted by atomic mass is 10.1. The molecule has 2 aromatic rings. The highest BCUT2D eigenvalue weighted by molar-refractivity contribution is 5.92. The molecule has 23 heavy (non-hydrogen) atoms. The van der Waals surface area contributed by atoms with Gasteiger partial charge >= 0.3 is 6.03 Å². The zero-order valence-electron chi connectivity index (χ0n) is 13.9. The van der Waals surface area contributed by atoms with Crippen LogP contribution in [0.3, 0.4) is 0 Å². The maximum Gasteiger partial charge on any atom is 0.319 e. The van der Waals surface area contributed by atoms with Gasteiger partial charge < -0.3 is 20.4 Å². The molecular weight excluding hydrogens is 294 g/mol. The van der Waals surface area contributed by atoms with Crippen molar-refractivity contribution in [3.05, 3.63) is 29.3 Å². The third-order valence-electron chi connectivity index (χ3n) is 4.08. The Balaban J connectivity index is 1.65. The number of rotatable bonds is 3.